The van der Waals surface area contributed by atoms with Gasteiger partial charge < -0.3 is 14.9 Å². The van der Waals surface area contributed by atoms with Crippen molar-refractivity contribution in [2.24, 2.45) is 0 Å². The Kier molecular flexibility index (Phi) is 7.30. The van der Waals surface area contributed by atoms with E-state index in [9.17, 15) is 18.0 Å². The third kappa shape index (κ3) is 5.56. The number of ether oxygens (including phenoxy) is 1. The van der Waals surface area contributed by atoms with Crippen LogP contribution in [0.4, 0.5) is 13.2 Å². The molecule has 1 aliphatic rings. The molecular formula is C17H9Br2Cl2F3O4. The number of alkyl halides is 3. The number of hydrogen-bond donors (Lipinski definition) is 2. The molecule has 11 heteroatoms. The molecule has 0 aromatic heterocycles. The van der Waals surface area contributed by atoms with E-state index >= 15 is 0 Å². The normalized spacial score (nSPS) is 15.5. The van der Waals surface area contributed by atoms with Crippen LogP contribution in [-0.4, -0.2) is 28.5 Å². The minimum Gasteiger partial charge on any atom is -0.506 e. The molecule has 0 amide bonds. The molecule has 28 heavy (non-hydrogen) atoms. The van der Waals surface area contributed by atoms with Gasteiger partial charge in [0.25, 0.3) is 0 Å². The Morgan fingerprint density at radius 2 is 1.68 bits per heavy atom. The van der Waals surface area contributed by atoms with Crippen LogP contribution in [0.3, 0.4) is 0 Å². The smallest absolute Gasteiger partial charge is 0.430 e. The Morgan fingerprint density at radius 3 is 2.18 bits per heavy atom. The van der Waals surface area contributed by atoms with Crippen molar-refractivity contribution in [2.45, 2.75) is 12.3 Å². The van der Waals surface area contributed by atoms with E-state index in [0.717, 1.165) is 10.5 Å². The van der Waals surface area contributed by atoms with E-state index in [-0.39, 0.29) is 22.1 Å². The number of rotatable bonds is 1. The number of benzene rings is 2. The van der Waals surface area contributed by atoms with Crippen molar-refractivity contribution in [2.75, 3.05) is 0 Å². The van der Waals surface area contributed by atoms with Crippen LogP contribution in [0, 0.1) is 0 Å². The van der Waals surface area contributed by atoms with Gasteiger partial charge >= 0.3 is 12.1 Å². The Bertz CT molecular complexity index is 949. The molecule has 4 nitrogen and oxygen atoms in total. The second kappa shape index (κ2) is 8.94. The molecule has 2 aromatic carbocycles. The van der Waals surface area contributed by atoms with Crippen LogP contribution in [0.1, 0.15) is 5.56 Å². The van der Waals surface area contributed by atoms with Crippen molar-refractivity contribution in [3.63, 3.8) is 0 Å². The Labute approximate surface area is 183 Å². The predicted molar refractivity (Wildman–Crippen MR) is 106 cm³/mol. The summed E-state index contributed by atoms with van der Waals surface area (Å²) in [7, 11) is 0. The lowest BCUT2D eigenvalue weighted by molar-refractivity contribution is -0.187. The van der Waals surface area contributed by atoms with Gasteiger partial charge in [0.2, 0.25) is 6.10 Å². The Hall–Kier alpha value is -1.42. The summed E-state index contributed by atoms with van der Waals surface area (Å²) in [6.07, 6.45) is -6.45. The van der Waals surface area contributed by atoms with Gasteiger partial charge in [0, 0.05) is 14.5 Å². The molecule has 0 spiro atoms. The fraction of sp³-hybridized carbons (Fsp3) is 0.118. The Balaban J connectivity index is 0.000000261. The lowest BCUT2D eigenvalue weighted by Crippen LogP contribution is -2.40. The zero-order valence-corrected chi connectivity index (χ0v) is 18.1. The van der Waals surface area contributed by atoms with Gasteiger partial charge in [0.1, 0.15) is 11.5 Å². The average molecular weight is 565 g/mol. The van der Waals surface area contributed by atoms with E-state index < -0.39 is 23.8 Å². The van der Waals surface area contributed by atoms with Crippen molar-refractivity contribution in [3.05, 3.63) is 60.5 Å². The molecular weight excluding hydrogens is 556 g/mol. The Morgan fingerprint density at radius 1 is 1.07 bits per heavy atom. The summed E-state index contributed by atoms with van der Waals surface area (Å²) in [5.74, 6) is -1.76. The van der Waals surface area contributed by atoms with Gasteiger partial charge in [0.05, 0.1) is 15.6 Å². The number of aliphatic carboxylic acids is 1. The summed E-state index contributed by atoms with van der Waals surface area (Å²) >= 11 is 17.6. The zero-order valence-electron chi connectivity index (χ0n) is 13.4. The molecule has 2 aromatic rings. The summed E-state index contributed by atoms with van der Waals surface area (Å²) in [6.45, 7) is 0. The van der Waals surface area contributed by atoms with E-state index in [1.165, 1.54) is 18.2 Å². The number of carboxylic acids is 1. The number of carboxylic acid groups (broad SMARTS) is 1. The maximum atomic E-state index is 12.8. The highest BCUT2D eigenvalue weighted by Crippen LogP contribution is 2.42. The van der Waals surface area contributed by atoms with Crippen LogP contribution in [0.2, 0.25) is 10.0 Å². The van der Waals surface area contributed by atoms with E-state index in [2.05, 4.69) is 31.9 Å². The van der Waals surface area contributed by atoms with Crippen LogP contribution in [0.5, 0.6) is 11.5 Å². The first-order valence-corrected chi connectivity index (χ1v) is 9.55. The summed E-state index contributed by atoms with van der Waals surface area (Å²) < 4.78 is 44.4. The van der Waals surface area contributed by atoms with Crippen LogP contribution >= 0.6 is 55.1 Å². The number of carbonyl (C=O) groups is 1. The second-order valence-corrected chi connectivity index (χ2v) is 7.99. The lowest BCUT2D eigenvalue weighted by Gasteiger charge is -2.27. The third-order valence-corrected chi connectivity index (χ3v) is 4.85. The quantitative estimate of drug-likeness (QED) is 0.404. The number of fused-ring (bicyclic) bond motifs is 1. The summed E-state index contributed by atoms with van der Waals surface area (Å²) in [4.78, 5) is 10.9. The molecule has 1 heterocycles. The molecule has 1 atom stereocenters. The SMILES string of the molecule is O=C(O)C1=Cc2cc(Br)cc(Cl)c2OC1C(F)(F)F.Oc1ccc(Br)cc1Cl. The van der Waals surface area contributed by atoms with Gasteiger partial charge in [-0.05, 0) is 36.4 Å². The molecule has 150 valence electrons. The van der Waals surface area contributed by atoms with Crippen LogP contribution < -0.4 is 4.74 Å². The minimum atomic E-state index is -4.84. The highest BCUT2D eigenvalue weighted by Gasteiger charge is 2.48. The largest absolute Gasteiger partial charge is 0.506 e. The maximum Gasteiger partial charge on any atom is 0.430 e. The highest BCUT2D eigenvalue weighted by atomic mass is 79.9. The predicted octanol–water partition coefficient (Wildman–Crippen LogP) is 6.70. The number of phenolic OH excluding ortho intramolecular Hbond substituents is 1. The summed E-state index contributed by atoms with van der Waals surface area (Å²) in [5, 5.41) is 18.1. The summed E-state index contributed by atoms with van der Waals surface area (Å²) in [5.41, 5.74) is -0.702. The zero-order chi connectivity index (χ0) is 21.2. The van der Waals surface area contributed by atoms with Gasteiger partial charge in [-0.3, -0.25) is 0 Å². The van der Waals surface area contributed by atoms with Crippen LogP contribution in [0.15, 0.2) is 44.9 Å². The van der Waals surface area contributed by atoms with E-state index in [4.69, 9.17) is 38.2 Å². The van der Waals surface area contributed by atoms with E-state index in [1.807, 2.05) is 0 Å². The van der Waals surface area contributed by atoms with Crippen molar-refractivity contribution in [3.8, 4) is 11.5 Å². The van der Waals surface area contributed by atoms with Crippen molar-refractivity contribution >= 4 is 67.1 Å². The second-order valence-electron chi connectivity index (χ2n) is 5.35. The number of hydrogen-bond acceptors (Lipinski definition) is 3. The molecule has 1 unspecified atom stereocenters. The van der Waals surface area contributed by atoms with Crippen LogP contribution in [0.25, 0.3) is 6.08 Å². The molecule has 0 aliphatic carbocycles. The first kappa shape index (κ1) is 22.9. The maximum absolute atomic E-state index is 12.8. The summed E-state index contributed by atoms with van der Waals surface area (Å²) in [6, 6.07) is 7.69. The molecule has 0 saturated heterocycles. The fourth-order valence-corrected chi connectivity index (χ4v) is 3.69. The molecule has 1 aliphatic heterocycles. The molecule has 0 bridgehead atoms. The standard InChI is InChI=1S/C11H5BrClF3O3.C6H4BrClO/c12-5-1-4-2-6(10(17)18)9(11(14,15)16)19-8(4)7(13)3-5;7-4-1-2-6(9)5(8)3-4/h1-3,9H,(H,17,18);1-3,9H. The number of phenols is 1. The van der Waals surface area contributed by atoms with Gasteiger partial charge in [-0.15, -0.1) is 0 Å². The van der Waals surface area contributed by atoms with Crippen molar-refractivity contribution < 1.29 is 32.9 Å². The lowest BCUT2D eigenvalue weighted by atomic mass is 10.0. The van der Waals surface area contributed by atoms with E-state index in [1.54, 1.807) is 12.1 Å². The first-order chi connectivity index (χ1) is 12.9. The topological polar surface area (TPSA) is 66.8 Å². The van der Waals surface area contributed by atoms with Gasteiger partial charge in [-0.25, -0.2) is 4.79 Å². The van der Waals surface area contributed by atoms with E-state index in [0.29, 0.717) is 9.50 Å². The molecule has 0 radical (unpaired) electrons. The van der Waals surface area contributed by atoms with Crippen molar-refractivity contribution in [1.29, 1.82) is 0 Å². The van der Waals surface area contributed by atoms with Gasteiger partial charge in [0.15, 0.2) is 0 Å². The van der Waals surface area contributed by atoms with Crippen LogP contribution in [-0.2, 0) is 4.79 Å². The number of halogens is 7. The minimum absolute atomic E-state index is 0.0284. The molecule has 0 fully saturated rings. The molecule has 3 rings (SSSR count). The average Bonchev–Trinajstić information content (AvgIpc) is 2.57. The monoisotopic (exact) mass is 562 g/mol. The first-order valence-electron chi connectivity index (χ1n) is 7.21. The van der Waals surface area contributed by atoms with Crippen molar-refractivity contribution in [1.82, 2.24) is 0 Å². The molecule has 0 saturated carbocycles. The fourth-order valence-electron chi connectivity index (χ4n) is 2.13. The number of aromatic hydroxyl groups is 1. The third-order valence-electron chi connectivity index (χ3n) is 3.32. The van der Waals surface area contributed by atoms with Gasteiger partial charge in [-0.1, -0.05) is 55.1 Å². The highest BCUT2D eigenvalue weighted by molar-refractivity contribution is 9.10. The van der Waals surface area contributed by atoms with Gasteiger partial charge in [-0.2, -0.15) is 13.2 Å². The molecule has 2 N–H and O–H groups in total.